The van der Waals surface area contributed by atoms with E-state index < -0.39 is 5.97 Å². The van der Waals surface area contributed by atoms with Gasteiger partial charge in [-0.3, -0.25) is 9.59 Å². The van der Waals surface area contributed by atoms with Crippen molar-refractivity contribution in [3.05, 3.63) is 57.1 Å². The minimum Gasteiger partial charge on any atom is -0.465 e. The number of hydrogen-bond acceptors (Lipinski definition) is 7. The summed E-state index contributed by atoms with van der Waals surface area (Å²) in [5.74, 6) is 0.350. The number of ether oxygens (including phenoxy) is 1. The fourth-order valence-electron chi connectivity index (χ4n) is 5.01. The Bertz CT molecular complexity index is 1150. The van der Waals surface area contributed by atoms with Crippen LogP contribution in [0.5, 0.6) is 0 Å². The maximum atomic E-state index is 13.1. The number of carbonyl (C=O) groups excluding carboxylic acids is 2. The highest BCUT2D eigenvalue weighted by atomic mass is 16.5. The zero-order valence-electron chi connectivity index (χ0n) is 20.4. The van der Waals surface area contributed by atoms with Gasteiger partial charge in [0.15, 0.2) is 0 Å². The number of nitrogens with zero attached hydrogens (tertiary/aromatic N) is 2. The number of likely N-dealkylation sites (tertiary alicyclic amines) is 1. The smallest absolute Gasteiger partial charge is 0.337 e. The minimum absolute atomic E-state index is 0.110. The van der Waals surface area contributed by atoms with E-state index >= 15 is 0 Å². The molecule has 2 heterocycles. The number of aromatic amines is 1. The van der Waals surface area contributed by atoms with Gasteiger partial charge in [-0.15, -0.1) is 0 Å². The summed E-state index contributed by atoms with van der Waals surface area (Å²) in [6, 6.07) is 6.68. The highest BCUT2D eigenvalue weighted by Crippen LogP contribution is 2.28. The van der Waals surface area contributed by atoms with E-state index in [-0.39, 0.29) is 34.7 Å². The van der Waals surface area contributed by atoms with Gasteiger partial charge in [-0.1, -0.05) is 19.3 Å². The number of rotatable bonds is 6. The molecule has 1 saturated heterocycles. The van der Waals surface area contributed by atoms with Crippen LogP contribution in [0.2, 0.25) is 0 Å². The van der Waals surface area contributed by atoms with Gasteiger partial charge in [-0.05, 0) is 56.9 Å². The first-order valence-electron chi connectivity index (χ1n) is 12.3. The van der Waals surface area contributed by atoms with Crippen molar-refractivity contribution in [1.82, 2.24) is 14.9 Å². The fourth-order valence-corrected chi connectivity index (χ4v) is 5.01. The number of piperidine rings is 1. The molecule has 2 aromatic rings. The number of hydrogen-bond donors (Lipinski definition) is 3. The molecule has 1 unspecified atom stereocenters. The first-order chi connectivity index (χ1) is 16.9. The zero-order chi connectivity index (χ0) is 24.9. The van der Waals surface area contributed by atoms with Gasteiger partial charge in [0.05, 0.1) is 12.7 Å². The van der Waals surface area contributed by atoms with Crippen LogP contribution in [0.4, 0.5) is 5.82 Å². The van der Waals surface area contributed by atoms with Crippen molar-refractivity contribution in [2.75, 3.05) is 25.5 Å². The first-order valence-corrected chi connectivity index (χ1v) is 12.3. The van der Waals surface area contributed by atoms with E-state index in [1.165, 1.54) is 13.5 Å². The summed E-state index contributed by atoms with van der Waals surface area (Å²) in [4.78, 5) is 47.2. The molecule has 1 saturated carbocycles. The second kappa shape index (κ2) is 10.8. The summed E-state index contributed by atoms with van der Waals surface area (Å²) in [6.45, 7) is 2.65. The van der Waals surface area contributed by atoms with E-state index in [0.29, 0.717) is 35.9 Å². The topological polar surface area (TPSA) is 128 Å². The number of H-pyrrole nitrogens is 1. The highest BCUT2D eigenvalue weighted by Gasteiger charge is 2.29. The van der Waals surface area contributed by atoms with Crippen molar-refractivity contribution in [3.8, 4) is 0 Å². The minimum atomic E-state index is -0.446. The van der Waals surface area contributed by atoms with Crippen LogP contribution in [0.1, 0.15) is 89.9 Å². The molecule has 4 rings (SSSR count). The van der Waals surface area contributed by atoms with Crippen LogP contribution in [0, 0.1) is 5.41 Å². The SMILES string of the molecule is COC(=O)c1ccc(C(=O)N2CCCC(c3nc(NC4CCCCC4)c(C(C)=N)c(=O)[nH]3)C2)cc1. The molecule has 9 nitrogen and oxygen atoms in total. The summed E-state index contributed by atoms with van der Waals surface area (Å²) < 4.78 is 4.72. The van der Waals surface area contributed by atoms with Crippen molar-refractivity contribution < 1.29 is 14.3 Å². The summed E-state index contributed by atoms with van der Waals surface area (Å²) in [7, 11) is 1.32. The average Bonchev–Trinajstić information content (AvgIpc) is 2.88. The second-order valence-corrected chi connectivity index (χ2v) is 9.44. The van der Waals surface area contributed by atoms with Gasteiger partial charge in [0.1, 0.15) is 17.2 Å². The Hall–Kier alpha value is -3.49. The molecular weight excluding hydrogens is 446 g/mol. The molecule has 0 radical (unpaired) electrons. The van der Waals surface area contributed by atoms with Crippen molar-refractivity contribution >= 4 is 23.4 Å². The number of carbonyl (C=O) groups is 2. The summed E-state index contributed by atoms with van der Waals surface area (Å²) in [6.07, 6.45) is 7.17. The van der Waals surface area contributed by atoms with E-state index in [1.807, 2.05) is 0 Å². The Labute approximate surface area is 204 Å². The maximum absolute atomic E-state index is 13.1. The summed E-state index contributed by atoms with van der Waals surface area (Å²) in [5.41, 5.74) is 1.03. The van der Waals surface area contributed by atoms with E-state index in [1.54, 1.807) is 36.1 Å². The number of esters is 1. The Morgan fingerprint density at radius 3 is 2.43 bits per heavy atom. The molecule has 1 aliphatic heterocycles. The standard InChI is InChI=1S/C26H33N5O4/c1-16(27)21-23(28-20-8-4-3-5-9-20)29-22(30-24(21)32)19-7-6-14-31(15-19)25(33)17-10-12-18(13-11-17)26(34)35-2/h10-13,19-20,27H,3-9,14-15H2,1-2H3,(H2,28,29,30,32). The van der Waals surface area contributed by atoms with Crippen LogP contribution < -0.4 is 10.9 Å². The van der Waals surface area contributed by atoms with Crippen LogP contribution >= 0.6 is 0 Å². The molecule has 0 spiro atoms. The summed E-state index contributed by atoms with van der Waals surface area (Å²) in [5, 5.41) is 11.5. The molecule has 35 heavy (non-hydrogen) atoms. The Balaban J connectivity index is 1.54. The third kappa shape index (κ3) is 5.61. The summed E-state index contributed by atoms with van der Waals surface area (Å²) >= 11 is 0. The van der Waals surface area contributed by atoms with E-state index in [0.717, 1.165) is 38.5 Å². The average molecular weight is 480 g/mol. The van der Waals surface area contributed by atoms with Gasteiger partial charge in [-0.2, -0.15) is 0 Å². The second-order valence-electron chi connectivity index (χ2n) is 9.44. The lowest BCUT2D eigenvalue weighted by Gasteiger charge is -2.33. The van der Waals surface area contributed by atoms with Crippen LogP contribution in [-0.4, -0.2) is 58.7 Å². The van der Waals surface area contributed by atoms with Gasteiger partial charge in [0.25, 0.3) is 11.5 Å². The molecule has 1 aromatic carbocycles. The number of benzene rings is 1. The molecule has 9 heteroatoms. The molecule has 1 atom stereocenters. The number of anilines is 1. The molecular formula is C26H33N5O4. The van der Waals surface area contributed by atoms with Gasteiger partial charge >= 0.3 is 5.97 Å². The first kappa shape index (κ1) is 24.6. The lowest BCUT2D eigenvalue weighted by atomic mass is 9.95. The Morgan fingerprint density at radius 1 is 1.09 bits per heavy atom. The molecule has 1 amide bonds. The van der Waals surface area contributed by atoms with Crippen LogP contribution in [0.25, 0.3) is 0 Å². The van der Waals surface area contributed by atoms with Gasteiger partial charge in [0.2, 0.25) is 0 Å². The van der Waals surface area contributed by atoms with Crippen molar-refractivity contribution in [2.24, 2.45) is 0 Å². The molecule has 2 fully saturated rings. The van der Waals surface area contributed by atoms with Gasteiger partial charge < -0.3 is 25.3 Å². The van der Waals surface area contributed by atoms with Crippen molar-refractivity contribution in [3.63, 3.8) is 0 Å². The monoisotopic (exact) mass is 479 g/mol. The van der Waals surface area contributed by atoms with Crippen LogP contribution in [0.3, 0.4) is 0 Å². The predicted molar refractivity (Wildman–Crippen MR) is 134 cm³/mol. The van der Waals surface area contributed by atoms with E-state index in [4.69, 9.17) is 15.1 Å². The van der Waals surface area contributed by atoms with Crippen molar-refractivity contribution in [2.45, 2.75) is 63.8 Å². The highest BCUT2D eigenvalue weighted by molar-refractivity contribution is 6.00. The lowest BCUT2D eigenvalue weighted by Crippen LogP contribution is -2.40. The number of nitrogens with one attached hydrogen (secondary N) is 3. The number of aromatic nitrogens is 2. The lowest BCUT2D eigenvalue weighted by molar-refractivity contribution is 0.0599. The number of amides is 1. The molecule has 1 aliphatic carbocycles. The van der Waals surface area contributed by atoms with Gasteiger partial charge in [-0.25, -0.2) is 9.78 Å². The third-order valence-corrected chi connectivity index (χ3v) is 6.91. The number of methoxy groups -OCH3 is 1. The maximum Gasteiger partial charge on any atom is 0.337 e. The molecule has 0 bridgehead atoms. The molecule has 2 aliphatic rings. The fraction of sp³-hybridized carbons (Fsp3) is 0.500. The molecule has 1 aromatic heterocycles. The predicted octanol–water partition coefficient (Wildman–Crippen LogP) is 3.71. The van der Waals surface area contributed by atoms with Crippen molar-refractivity contribution in [1.29, 1.82) is 5.41 Å². The largest absolute Gasteiger partial charge is 0.465 e. The van der Waals surface area contributed by atoms with Crippen LogP contribution in [-0.2, 0) is 4.74 Å². The normalized spacial score (nSPS) is 18.7. The Morgan fingerprint density at radius 2 is 1.77 bits per heavy atom. The van der Waals surface area contributed by atoms with Gasteiger partial charge in [0, 0.05) is 36.3 Å². The quantitative estimate of drug-likeness (QED) is 0.428. The molecule has 186 valence electrons. The third-order valence-electron chi connectivity index (χ3n) is 6.91. The van der Waals surface area contributed by atoms with E-state index in [2.05, 4.69) is 10.3 Å². The van der Waals surface area contributed by atoms with E-state index in [9.17, 15) is 14.4 Å². The zero-order valence-corrected chi connectivity index (χ0v) is 20.4. The Kier molecular flexibility index (Phi) is 7.63. The van der Waals surface area contributed by atoms with Crippen LogP contribution in [0.15, 0.2) is 29.1 Å². The molecule has 3 N–H and O–H groups in total.